The number of nitrogens with two attached hydrogens (primary N) is 1. The standard InChI is InChI=1S/C17H25Cl2N3O/c1-17(2)11-22(9-7-14(17)20)10-15(23)21-8-6-12-4-3-5-13(18)16(12)19/h3-5,14H,6-11,20H2,1-2H3,(H,21,23). The van der Waals surface area contributed by atoms with E-state index in [1.165, 1.54) is 0 Å². The van der Waals surface area contributed by atoms with Gasteiger partial charge in [-0.1, -0.05) is 49.2 Å². The molecule has 1 heterocycles. The Morgan fingerprint density at radius 1 is 1.43 bits per heavy atom. The van der Waals surface area contributed by atoms with Crippen molar-refractivity contribution in [1.82, 2.24) is 10.2 Å². The van der Waals surface area contributed by atoms with Crippen LogP contribution >= 0.6 is 23.2 Å². The molecular formula is C17H25Cl2N3O. The smallest absolute Gasteiger partial charge is 0.234 e. The van der Waals surface area contributed by atoms with Gasteiger partial charge in [0.1, 0.15) is 0 Å². The molecule has 0 radical (unpaired) electrons. The van der Waals surface area contributed by atoms with E-state index in [1.807, 2.05) is 12.1 Å². The Morgan fingerprint density at radius 2 is 2.17 bits per heavy atom. The third kappa shape index (κ3) is 5.08. The molecule has 0 bridgehead atoms. The highest BCUT2D eigenvalue weighted by atomic mass is 35.5. The third-order valence-corrected chi connectivity index (χ3v) is 5.36. The van der Waals surface area contributed by atoms with E-state index in [0.717, 1.165) is 25.1 Å². The molecule has 0 saturated carbocycles. The van der Waals surface area contributed by atoms with E-state index in [9.17, 15) is 4.79 Å². The van der Waals surface area contributed by atoms with Crippen molar-refractivity contribution in [1.29, 1.82) is 0 Å². The molecule has 23 heavy (non-hydrogen) atoms. The first-order valence-electron chi connectivity index (χ1n) is 7.97. The fourth-order valence-electron chi connectivity index (χ4n) is 2.96. The number of hydrogen-bond acceptors (Lipinski definition) is 3. The quantitative estimate of drug-likeness (QED) is 0.851. The van der Waals surface area contributed by atoms with E-state index in [4.69, 9.17) is 28.9 Å². The molecule has 1 aromatic rings. The van der Waals surface area contributed by atoms with E-state index in [1.54, 1.807) is 6.07 Å². The summed E-state index contributed by atoms with van der Waals surface area (Å²) in [5, 5.41) is 4.06. The van der Waals surface area contributed by atoms with Gasteiger partial charge in [0.05, 0.1) is 16.6 Å². The number of piperidine rings is 1. The fourth-order valence-corrected chi connectivity index (χ4v) is 3.37. The Balaban J connectivity index is 1.76. The molecule has 1 saturated heterocycles. The first-order chi connectivity index (χ1) is 10.8. The lowest BCUT2D eigenvalue weighted by Gasteiger charge is -2.42. The second-order valence-electron chi connectivity index (χ2n) is 6.91. The van der Waals surface area contributed by atoms with Crippen molar-refractivity contribution in [2.75, 3.05) is 26.2 Å². The molecule has 4 nitrogen and oxygen atoms in total. The highest BCUT2D eigenvalue weighted by molar-refractivity contribution is 6.42. The van der Waals surface area contributed by atoms with E-state index >= 15 is 0 Å². The van der Waals surface area contributed by atoms with E-state index in [2.05, 4.69) is 24.1 Å². The largest absolute Gasteiger partial charge is 0.355 e. The Kier molecular flexibility index (Phi) is 6.32. The minimum atomic E-state index is 0.0365. The van der Waals surface area contributed by atoms with Gasteiger partial charge in [0.2, 0.25) is 5.91 Å². The molecule has 6 heteroatoms. The topological polar surface area (TPSA) is 58.4 Å². The van der Waals surface area contributed by atoms with Crippen LogP contribution in [0.3, 0.4) is 0 Å². The van der Waals surface area contributed by atoms with Crippen molar-refractivity contribution in [2.24, 2.45) is 11.1 Å². The molecule has 0 spiro atoms. The number of amides is 1. The Bertz CT molecular complexity index is 563. The summed E-state index contributed by atoms with van der Waals surface area (Å²) in [6.07, 6.45) is 1.60. The van der Waals surface area contributed by atoms with Crippen molar-refractivity contribution in [3.63, 3.8) is 0 Å². The SMILES string of the molecule is CC1(C)CN(CC(=O)NCCc2cccc(Cl)c2Cl)CCC1N. The number of nitrogens with zero attached hydrogens (tertiary/aromatic N) is 1. The van der Waals surface area contributed by atoms with Crippen molar-refractivity contribution in [3.8, 4) is 0 Å². The molecule has 1 aliphatic heterocycles. The van der Waals surface area contributed by atoms with E-state index < -0.39 is 0 Å². The van der Waals surface area contributed by atoms with Gasteiger partial charge in [-0.3, -0.25) is 9.69 Å². The lowest BCUT2D eigenvalue weighted by atomic mass is 9.80. The van der Waals surface area contributed by atoms with Gasteiger partial charge in [0.25, 0.3) is 0 Å². The van der Waals surface area contributed by atoms with Gasteiger partial charge < -0.3 is 11.1 Å². The molecule has 1 fully saturated rings. The summed E-state index contributed by atoms with van der Waals surface area (Å²) < 4.78 is 0. The molecule has 2 rings (SSSR count). The van der Waals surface area contributed by atoms with Gasteiger partial charge in [-0.25, -0.2) is 0 Å². The van der Waals surface area contributed by atoms with Crippen LogP contribution in [0.15, 0.2) is 18.2 Å². The molecule has 1 aromatic carbocycles. The molecule has 1 aliphatic rings. The van der Waals surface area contributed by atoms with Crippen LogP contribution in [0.25, 0.3) is 0 Å². The zero-order valence-corrected chi connectivity index (χ0v) is 15.3. The normalized spacial score (nSPS) is 21.2. The van der Waals surface area contributed by atoms with Gasteiger partial charge in [-0.05, 0) is 29.9 Å². The minimum absolute atomic E-state index is 0.0365. The lowest BCUT2D eigenvalue weighted by Crippen LogP contribution is -2.54. The maximum absolute atomic E-state index is 12.1. The molecule has 0 aliphatic carbocycles. The van der Waals surface area contributed by atoms with E-state index in [0.29, 0.717) is 29.6 Å². The molecule has 128 valence electrons. The molecule has 1 atom stereocenters. The van der Waals surface area contributed by atoms with Gasteiger partial charge in [-0.2, -0.15) is 0 Å². The van der Waals surface area contributed by atoms with Crippen molar-refractivity contribution in [2.45, 2.75) is 32.7 Å². The zero-order chi connectivity index (χ0) is 17.0. The molecule has 0 aromatic heterocycles. The number of carbonyl (C=O) groups excluding carboxylic acids is 1. The average molecular weight is 358 g/mol. The lowest BCUT2D eigenvalue weighted by molar-refractivity contribution is -0.123. The summed E-state index contributed by atoms with van der Waals surface area (Å²) in [5.41, 5.74) is 7.12. The number of hydrogen-bond donors (Lipinski definition) is 2. The maximum atomic E-state index is 12.1. The number of carbonyl (C=O) groups is 1. The number of nitrogens with one attached hydrogen (secondary N) is 1. The van der Waals surface area contributed by atoms with Crippen LogP contribution in [0.1, 0.15) is 25.8 Å². The Hall–Kier alpha value is -0.810. The predicted molar refractivity (Wildman–Crippen MR) is 96.0 cm³/mol. The average Bonchev–Trinajstić information content (AvgIpc) is 2.47. The van der Waals surface area contributed by atoms with Crippen LogP contribution < -0.4 is 11.1 Å². The summed E-state index contributed by atoms with van der Waals surface area (Å²) in [4.78, 5) is 14.3. The number of benzene rings is 1. The number of rotatable bonds is 5. The van der Waals surface area contributed by atoms with Crippen molar-refractivity contribution >= 4 is 29.1 Å². The van der Waals surface area contributed by atoms with Crippen LogP contribution in [0, 0.1) is 5.41 Å². The van der Waals surface area contributed by atoms with Gasteiger partial charge in [0, 0.05) is 25.7 Å². The minimum Gasteiger partial charge on any atom is -0.355 e. The first kappa shape index (κ1) is 18.5. The van der Waals surface area contributed by atoms with Crippen LogP contribution in [0.2, 0.25) is 10.0 Å². The zero-order valence-electron chi connectivity index (χ0n) is 13.7. The molecule has 1 unspecified atom stereocenters. The summed E-state index contributed by atoms with van der Waals surface area (Å²) in [6.45, 7) is 7.00. The van der Waals surface area contributed by atoms with Crippen molar-refractivity contribution in [3.05, 3.63) is 33.8 Å². The van der Waals surface area contributed by atoms with Gasteiger partial charge >= 0.3 is 0 Å². The number of likely N-dealkylation sites (tertiary alicyclic amines) is 1. The molecule has 3 N–H and O–H groups in total. The molecule has 1 amide bonds. The highest BCUT2D eigenvalue weighted by Gasteiger charge is 2.33. The molecular weight excluding hydrogens is 333 g/mol. The second-order valence-corrected chi connectivity index (χ2v) is 7.69. The summed E-state index contributed by atoms with van der Waals surface area (Å²) in [6, 6.07) is 5.75. The summed E-state index contributed by atoms with van der Waals surface area (Å²) in [7, 11) is 0. The Labute approximate surface area is 148 Å². The number of halogens is 2. The second kappa shape index (κ2) is 7.84. The highest BCUT2D eigenvalue weighted by Crippen LogP contribution is 2.27. The van der Waals surface area contributed by atoms with Crippen LogP contribution in [0.4, 0.5) is 0 Å². The van der Waals surface area contributed by atoms with Crippen LogP contribution in [-0.4, -0.2) is 43.0 Å². The van der Waals surface area contributed by atoms with E-state index in [-0.39, 0.29) is 17.4 Å². The van der Waals surface area contributed by atoms with Crippen LogP contribution in [0.5, 0.6) is 0 Å². The predicted octanol–water partition coefficient (Wildman–Crippen LogP) is 2.71. The third-order valence-electron chi connectivity index (χ3n) is 4.51. The van der Waals surface area contributed by atoms with Crippen molar-refractivity contribution < 1.29 is 4.79 Å². The van der Waals surface area contributed by atoms with Gasteiger partial charge in [-0.15, -0.1) is 0 Å². The summed E-state index contributed by atoms with van der Waals surface area (Å²) >= 11 is 12.1. The fraction of sp³-hybridized carbons (Fsp3) is 0.588. The monoisotopic (exact) mass is 357 g/mol. The first-order valence-corrected chi connectivity index (χ1v) is 8.73. The summed E-state index contributed by atoms with van der Waals surface area (Å²) in [5.74, 6) is 0.0365. The maximum Gasteiger partial charge on any atom is 0.234 e. The van der Waals surface area contributed by atoms with Crippen LogP contribution in [-0.2, 0) is 11.2 Å². The van der Waals surface area contributed by atoms with Gasteiger partial charge in [0.15, 0.2) is 0 Å². The Morgan fingerprint density at radius 3 is 2.87 bits per heavy atom.